The zero-order valence-electron chi connectivity index (χ0n) is 15.2. The third-order valence-corrected chi connectivity index (χ3v) is 4.96. The lowest BCUT2D eigenvalue weighted by Crippen LogP contribution is -2.66. The summed E-state index contributed by atoms with van der Waals surface area (Å²) in [5.74, 6) is 0.828. The Labute approximate surface area is 139 Å². The van der Waals surface area contributed by atoms with Crippen LogP contribution in [0.5, 0.6) is 0 Å². The number of carbonyl (C=O) groups is 1. The second kappa shape index (κ2) is 6.67. The summed E-state index contributed by atoms with van der Waals surface area (Å²) >= 11 is 0. The third-order valence-electron chi connectivity index (χ3n) is 4.96. The van der Waals surface area contributed by atoms with E-state index in [0.717, 1.165) is 32.2 Å². The summed E-state index contributed by atoms with van der Waals surface area (Å²) in [6, 6.07) is 0.189. The topological polar surface area (TPSA) is 68.2 Å². The maximum Gasteiger partial charge on any atom is 0.242 e. The molecule has 6 nitrogen and oxygen atoms in total. The Balaban J connectivity index is 2.03. The van der Waals surface area contributed by atoms with Gasteiger partial charge in [-0.05, 0) is 40.5 Å². The van der Waals surface area contributed by atoms with Gasteiger partial charge >= 0.3 is 0 Å². The molecule has 2 fully saturated rings. The van der Waals surface area contributed by atoms with Crippen molar-refractivity contribution in [3.63, 3.8) is 0 Å². The largest absolute Gasteiger partial charge is 0.388 e. The normalized spacial score (nSPS) is 24.5. The fraction of sp³-hybridized carbons (Fsp3) is 0.882. The Hall–Kier alpha value is -1.30. The van der Waals surface area contributed by atoms with Gasteiger partial charge in [0.05, 0.1) is 17.7 Å². The van der Waals surface area contributed by atoms with Gasteiger partial charge in [0.25, 0.3) is 0 Å². The van der Waals surface area contributed by atoms with Crippen molar-refractivity contribution in [1.29, 1.82) is 0 Å². The molecule has 1 aliphatic carbocycles. The van der Waals surface area contributed by atoms with Gasteiger partial charge < -0.3 is 20.2 Å². The highest BCUT2D eigenvalue weighted by molar-refractivity contribution is 5.88. The average molecular weight is 324 g/mol. The Bertz CT molecular complexity index is 467. The Morgan fingerprint density at radius 2 is 1.96 bits per heavy atom. The summed E-state index contributed by atoms with van der Waals surface area (Å²) in [4.78, 5) is 20.8. The monoisotopic (exact) mass is 324 g/mol. The van der Waals surface area contributed by atoms with Gasteiger partial charge in [-0.3, -0.25) is 9.79 Å². The van der Waals surface area contributed by atoms with E-state index in [1.54, 1.807) is 7.05 Å². The fourth-order valence-corrected chi connectivity index (χ4v) is 4.10. The van der Waals surface area contributed by atoms with E-state index in [0.29, 0.717) is 19.0 Å². The van der Waals surface area contributed by atoms with E-state index in [1.165, 1.54) is 0 Å². The lowest BCUT2D eigenvalue weighted by molar-refractivity contribution is -0.145. The highest BCUT2D eigenvalue weighted by Crippen LogP contribution is 2.29. The number of carbonyl (C=O) groups excluding carboxylic acids is 1. The van der Waals surface area contributed by atoms with Gasteiger partial charge in [-0.25, -0.2) is 0 Å². The van der Waals surface area contributed by atoms with Crippen LogP contribution in [0, 0.1) is 0 Å². The third kappa shape index (κ3) is 3.97. The van der Waals surface area contributed by atoms with Crippen LogP contribution in [0.4, 0.5) is 0 Å². The molecule has 2 N–H and O–H groups in total. The van der Waals surface area contributed by atoms with E-state index in [1.807, 2.05) is 9.80 Å². The molecule has 2 aliphatic rings. The van der Waals surface area contributed by atoms with Crippen LogP contribution in [0.1, 0.15) is 53.4 Å². The molecule has 0 spiro atoms. The molecule has 1 amide bonds. The first-order valence-electron chi connectivity index (χ1n) is 8.69. The molecule has 1 aliphatic heterocycles. The molecular weight excluding hydrogens is 292 g/mol. The van der Waals surface area contributed by atoms with E-state index in [-0.39, 0.29) is 17.5 Å². The number of nitrogens with one attached hydrogen (secondary N) is 1. The summed E-state index contributed by atoms with van der Waals surface area (Å²) in [6.07, 6.45) is 3.83. The number of guanidine groups is 1. The molecule has 132 valence electrons. The smallest absolute Gasteiger partial charge is 0.242 e. The molecular formula is C17H32N4O2. The molecule has 0 aromatic heterocycles. The lowest BCUT2D eigenvalue weighted by atomic mass is 9.96. The molecule has 23 heavy (non-hydrogen) atoms. The van der Waals surface area contributed by atoms with Crippen LogP contribution in [0.25, 0.3) is 0 Å². The molecule has 1 saturated heterocycles. The highest BCUT2D eigenvalue weighted by atomic mass is 16.3. The van der Waals surface area contributed by atoms with Crippen molar-refractivity contribution in [1.82, 2.24) is 15.1 Å². The fourth-order valence-electron chi connectivity index (χ4n) is 4.10. The van der Waals surface area contributed by atoms with Gasteiger partial charge in [0.2, 0.25) is 5.91 Å². The van der Waals surface area contributed by atoms with Crippen LogP contribution in [-0.2, 0) is 4.79 Å². The summed E-state index contributed by atoms with van der Waals surface area (Å²) < 4.78 is 0. The standard InChI is InChI=1S/C17H32N4O2/c1-13(2)21-14(22)10-20(12-16(21,3)4)15(18-5)19-11-17(23)8-6-7-9-17/h13,23H,6-12H2,1-5H3,(H,18,19). The number of hydrogen-bond donors (Lipinski definition) is 2. The zero-order valence-corrected chi connectivity index (χ0v) is 15.2. The number of amides is 1. The summed E-state index contributed by atoms with van der Waals surface area (Å²) in [7, 11) is 1.73. The lowest BCUT2D eigenvalue weighted by Gasteiger charge is -2.49. The maximum atomic E-state index is 12.6. The molecule has 0 radical (unpaired) electrons. The molecule has 2 rings (SSSR count). The molecule has 0 atom stereocenters. The number of aliphatic imine (C=N–C) groups is 1. The van der Waals surface area contributed by atoms with Crippen molar-refractivity contribution in [2.24, 2.45) is 4.99 Å². The quantitative estimate of drug-likeness (QED) is 0.605. The number of aliphatic hydroxyl groups is 1. The van der Waals surface area contributed by atoms with Crippen molar-refractivity contribution in [2.75, 3.05) is 26.7 Å². The highest BCUT2D eigenvalue weighted by Gasteiger charge is 2.41. The summed E-state index contributed by atoms with van der Waals surface area (Å²) in [6.45, 7) is 9.85. The van der Waals surface area contributed by atoms with Crippen LogP contribution in [0.15, 0.2) is 4.99 Å². The van der Waals surface area contributed by atoms with Crippen molar-refractivity contribution < 1.29 is 9.90 Å². The molecule has 0 unspecified atom stereocenters. The predicted octanol–water partition coefficient (Wildman–Crippen LogP) is 1.20. The van der Waals surface area contributed by atoms with Crippen molar-refractivity contribution in [3.05, 3.63) is 0 Å². The first-order chi connectivity index (χ1) is 10.7. The molecule has 6 heteroatoms. The van der Waals surface area contributed by atoms with Crippen LogP contribution in [-0.4, -0.2) is 70.6 Å². The van der Waals surface area contributed by atoms with Gasteiger partial charge in [-0.1, -0.05) is 12.8 Å². The van der Waals surface area contributed by atoms with E-state index in [4.69, 9.17) is 0 Å². The maximum absolute atomic E-state index is 12.6. The van der Waals surface area contributed by atoms with Crippen molar-refractivity contribution in [2.45, 2.75) is 70.6 Å². The predicted molar refractivity (Wildman–Crippen MR) is 92.4 cm³/mol. The number of piperazine rings is 1. The van der Waals surface area contributed by atoms with E-state index >= 15 is 0 Å². The molecule has 1 heterocycles. The first kappa shape index (κ1) is 18.0. The van der Waals surface area contributed by atoms with Crippen LogP contribution < -0.4 is 5.32 Å². The second-order valence-corrected chi connectivity index (χ2v) is 7.86. The zero-order chi connectivity index (χ0) is 17.3. The average Bonchev–Trinajstić information content (AvgIpc) is 2.84. The summed E-state index contributed by atoms with van der Waals surface area (Å²) in [5.41, 5.74) is -0.874. The SMILES string of the molecule is CN=C(NCC1(O)CCCC1)N1CC(=O)N(C(C)C)C(C)(C)C1. The first-order valence-corrected chi connectivity index (χ1v) is 8.69. The van der Waals surface area contributed by atoms with Crippen LogP contribution in [0.3, 0.4) is 0 Å². The minimum atomic E-state index is -0.630. The Morgan fingerprint density at radius 3 is 2.43 bits per heavy atom. The number of rotatable bonds is 3. The Kier molecular flexibility index (Phi) is 5.23. The molecule has 0 bridgehead atoms. The van der Waals surface area contributed by atoms with Gasteiger partial charge in [0.15, 0.2) is 5.96 Å². The Morgan fingerprint density at radius 1 is 1.35 bits per heavy atom. The van der Waals surface area contributed by atoms with E-state index < -0.39 is 5.60 Å². The number of hydrogen-bond acceptors (Lipinski definition) is 3. The summed E-state index contributed by atoms with van der Waals surface area (Å²) in [5, 5.41) is 13.8. The van der Waals surface area contributed by atoms with E-state index in [2.05, 4.69) is 38.0 Å². The molecule has 0 aromatic carbocycles. The van der Waals surface area contributed by atoms with Gasteiger partial charge in [0, 0.05) is 26.2 Å². The minimum Gasteiger partial charge on any atom is -0.388 e. The molecule has 1 saturated carbocycles. The van der Waals surface area contributed by atoms with Gasteiger partial charge in [-0.2, -0.15) is 0 Å². The van der Waals surface area contributed by atoms with Crippen LogP contribution >= 0.6 is 0 Å². The van der Waals surface area contributed by atoms with Crippen molar-refractivity contribution >= 4 is 11.9 Å². The van der Waals surface area contributed by atoms with E-state index in [9.17, 15) is 9.90 Å². The molecule has 0 aromatic rings. The van der Waals surface area contributed by atoms with Gasteiger partial charge in [-0.15, -0.1) is 0 Å². The number of nitrogens with zero attached hydrogens (tertiary/aromatic N) is 3. The van der Waals surface area contributed by atoms with Gasteiger partial charge in [0.1, 0.15) is 0 Å². The van der Waals surface area contributed by atoms with Crippen LogP contribution in [0.2, 0.25) is 0 Å². The second-order valence-electron chi connectivity index (χ2n) is 7.86. The van der Waals surface area contributed by atoms with Crippen molar-refractivity contribution in [3.8, 4) is 0 Å². The minimum absolute atomic E-state index is 0.124.